The molecule has 4 aromatic rings. The summed E-state index contributed by atoms with van der Waals surface area (Å²) < 4.78 is 16.1. The van der Waals surface area contributed by atoms with Crippen molar-refractivity contribution in [2.45, 2.75) is 31.7 Å². The van der Waals surface area contributed by atoms with E-state index in [0.29, 0.717) is 52.1 Å². The second kappa shape index (κ2) is 16.0. The van der Waals surface area contributed by atoms with Gasteiger partial charge in [0, 0.05) is 71.5 Å². The minimum atomic E-state index is -0.468. The molecule has 1 saturated heterocycles. The number of carbonyl (C=O) groups is 5. The SMILES string of the molecule is COc1cc2c(cc1OCCC(=O)Nc1cc(C(=O)Nc3cc(C(=O)Nc4cc(C(=O)NCCC(=N)N)n(C)c4)n(C)c3)n(C)c1)N=C[C@@H]1CCCN1C2=O. The minimum absolute atomic E-state index is 0.0117. The molecule has 7 N–H and O–H groups in total. The van der Waals surface area contributed by atoms with Crippen molar-refractivity contribution in [1.82, 2.24) is 23.9 Å². The van der Waals surface area contributed by atoms with Crippen LogP contribution >= 0.6 is 0 Å². The molecule has 0 bridgehead atoms. The molecule has 5 amide bonds. The highest BCUT2D eigenvalue weighted by Crippen LogP contribution is 2.38. The number of rotatable bonds is 14. The summed E-state index contributed by atoms with van der Waals surface area (Å²) in [5.41, 5.74) is 8.23. The van der Waals surface area contributed by atoms with Crippen molar-refractivity contribution in [2.24, 2.45) is 31.9 Å². The molecular weight excluding hydrogens is 710 g/mol. The molecular formula is C37H43N11O7. The van der Waals surface area contributed by atoms with E-state index in [-0.39, 0.29) is 67.0 Å². The maximum Gasteiger partial charge on any atom is 0.272 e. The molecule has 0 unspecified atom stereocenters. The number of amides is 5. The molecule has 1 fully saturated rings. The average molecular weight is 754 g/mol. The number of nitrogens with one attached hydrogen (secondary N) is 5. The highest BCUT2D eigenvalue weighted by molar-refractivity contribution is 6.08. The van der Waals surface area contributed by atoms with Gasteiger partial charge < -0.3 is 55.1 Å². The first kappa shape index (κ1) is 37.9. The summed E-state index contributed by atoms with van der Waals surface area (Å²) in [5, 5.41) is 18.3. The number of aromatic nitrogens is 3. The Morgan fingerprint density at radius 2 is 1.42 bits per heavy atom. The van der Waals surface area contributed by atoms with E-state index in [4.69, 9.17) is 20.6 Å². The van der Waals surface area contributed by atoms with Crippen LogP contribution in [0.2, 0.25) is 0 Å². The first-order valence-electron chi connectivity index (χ1n) is 17.5. The van der Waals surface area contributed by atoms with Gasteiger partial charge in [-0.2, -0.15) is 0 Å². The number of hydrogen-bond donors (Lipinski definition) is 6. The summed E-state index contributed by atoms with van der Waals surface area (Å²) in [6.07, 6.45) is 8.59. The Morgan fingerprint density at radius 1 is 0.836 bits per heavy atom. The van der Waals surface area contributed by atoms with Gasteiger partial charge in [0.2, 0.25) is 5.91 Å². The van der Waals surface area contributed by atoms with Gasteiger partial charge >= 0.3 is 0 Å². The maximum atomic E-state index is 13.2. The molecule has 2 aliphatic rings. The number of anilines is 3. The van der Waals surface area contributed by atoms with Crippen LogP contribution in [0.25, 0.3) is 0 Å². The topological polar surface area (TPSA) is 232 Å². The van der Waals surface area contributed by atoms with Crippen molar-refractivity contribution in [2.75, 3.05) is 42.8 Å². The molecule has 2 aliphatic heterocycles. The lowest BCUT2D eigenvalue weighted by molar-refractivity contribution is -0.116. The van der Waals surface area contributed by atoms with Crippen molar-refractivity contribution in [1.29, 1.82) is 5.41 Å². The van der Waals surface area contributed by atoms with E-state index in [1.165, 1.54) is 25.3 Å². The number of carbonyl (C=O) groups excluding carboxylic acids is 5. The van der Waals surface area contributed by atoms with E-state index in [1.807, 2.05) is 4.90 Å². The quantitative estimate of drug-likeness (QED) is 0.0826. The second-order valence-electron chi connectivity index (χ2n) is 13.3. The normalized spacial score (nSPS) is 14.4. The van der Waals surface area contributed by atoms with Crippen LogP contribution in [-0.4, -0.2) is 93.0 Å². The lowest BCUT2D eigenvalue weighted by Crippen LogP contribution is -2.35. The zero-order valence-electron chi connectivity index (χ0n) is 30.9. The molecule has 3 aromatic heterocycles. The lowest BCUT2D eigenvalue weighted by Gasteiger charge is -2.20. The number of aliphatic imine (C=N–C) groups is 1. The molecule has 288 valence electrons. The molecule has 0 saturated carbocycles. The summed E-state index contributed by atoms with van der Waals surface area (Å²) in [6, 6.07) is 7.82. The fourth-order valence-electron chi connectivity index (χ4n) is 6.46. The van der Waals surface area contributed by atoms with Gasteiger partial charge in [0.1, 0.15) is 17.1 Å². The van der Waals surface area contributed by atoms with E-state index < -0.39 is 11.8 Å². The first-order chi connectivity index (χ1) is 26.3. The van der Waals surface area contributed by atoms with Crippen LogP contribution in [0.1, 0.15) is 67.5 Å². The fraction of sp³-hybridized carbons (Fsp3) is 0.324. The van der Waals surface area contributed by atoms with Gasteiger partial charge in [-0.3, -0.25) is 34.4 Å². The van der Waals surface area contributed by atoms with Crippen LogP contribution in [0, 0.1) is 5.41 Å². The lowest BCUT2D eigenvalue weighted by atomic mass is 10.1. The van der Waals surface area contributed by atoms with Crippen molar-refractivity contribution in [3.05, 3.63) is 71.6 Å². The zero-order valence-corrected chi connectivity index (χ0v) is 30.9. The predicted octanol–water partition coefficient (Wildman–Crippen LogP) is 3.00. The molecule has 6 rings (SSSR count). The molecule has 18 nitrogen and oxygen atoms in total. The molecule has 18 heteroatoms. The van der Waals surface area contributed by atoms with Crippen LogP contribution in [0.15, 0.2) is 53.9 Å². The Kier molecular flexibility index (Phi) is 11.0. The van der Waals surface area contributed by atoms with E-state index >= 15 is 0 Å². The van der Waals surface area contributed by atoms with Crippen molar-refractivity contribution in [3.63, 3.8) is 0 Å². The van der Waals surface area contributed by atoms with Crippen LogP contribution in [0.4, 0.5) is 22.7 Å². The summed E-state index contributed by atoms with van der Waals surface area (Å²) >= 11 is 0. The number of ether oxygens (including phenoxy) is 2. The first-order valence-corrected chi connectivity index (χ1v) is 17.5. The number of hydrogen-bond acceptors (Lipinski definition) is 9. The summed E-state index contributed by atoms with van der Waals surface area (Å²) in [5.74, 6) is -1.07. The molecule has 1 aromatic carbocycles. The van der Waals surface area contributed by atoms with Crippen LogP contribution in [-0.2, 0) is 25.9 Å². The minimum Gasteiger partial charge on any atom is -0.493 e. The van der Waals surface area contributed by atoms with Gasteiger partial charge in [0.15, 0.2) is 11.5 Å². The number of nitrogens with two attached hydrogens (primary N) is 1. The third-order valence-electron chi connectivity index (χ3n) is 9.24. The van der Waals surface area contributed by atoms with Crippen molar-refractivity contribution >= 4 is 64.3 Å². The number of fused-ring (bicyclic) bond motifs is 2. The molecule has 55 heavy (non-hydrogen) atoms. The van der Waals surface area contributed by atoms with Crippen LogP contribution < -0.4 is 36.5 Å². The molecule has 1 atom stereocenters. The van der Waals surface area contributed by atoms with E-state index in [1.54, 1.807) is 71.8 Å². The van der Waals surface area contributed by atoms with Crippen molar-refractivity contribution in [3.8, 4) is 11.5 Å². The summed E-state index contributed by atoms with van der Waals surface area (Å²) in [6.45, 7) is 0.906. The van der Waals surface area contributed by atoms with Gasteiger partial charge in [0.05, 0.1) is 60.3 Å². The second-order valence-corrected chi connectivity index (χ2v) is 13.3. The average Bonchev–Trinajstić information content (AvgIpc) is 3.91. The maximum absolute atomic E-state index is 13.2. The van der Waals surface area contributed by atoms with Gasteiger partial charge in [-0.15, -0.1) is 0 Å². The highest BCUT2D eigenvalue weighted by atomic mass is 16.5. The summed E-state index contributed by atoms with van der Waals surface area (Å²) in [4.78, 5) is 71.2. The fourth-order valence-corrected chi connectivity index (χ4v) is 6.46. The van der Waals surface area contributed by atoms with Gasteiger partial charge in [0.25, 0.3) is 23.6 Å². The van der Waals surface area contributed by atoms with E-state index in [2.05, 4.69) is 26.3 Å². The van der Waals surface area contributed by atoms with Crippen LogP contribution in [0.5, 0.6) is 11.5 Å². The largest absolute Gasteiger partial charge is 0.493 e. The number of methoxy groups -OCH3 is 1. The standard InChI is InChI=1S/C37H43N11O7/c1-45-19-22(13-27(45)34(50)40-9-7-32(38)39)43-36(52)29-14-23(20-47(29)3)44-35(51)28-12-21(18-46(28)2)42-33(49)8-11-55-31-16-26-25(15-30(31)54-4)37(53)48-10-5-6-24(48)17-41-26/h12-20,24H,5-11H2,1-4H3,(H3,38,39)(H,40,50)(H,42,49)(H,43,52)(H,44,51)/t24-/m0/s1. The third kappa shape index (κ3) is 8.53. The number of amidine groups is 1. The van der Waals surface area contributed by atoms with E-state index in [0.717, 1.165) is 12.8 Å². The van der Waals surface area contributed by atoms with E-state index in [9.17, 15) is 24.0 Å². The molecule has 0 aliphatic carbocycles. The Bertz CT molecular complexity index is 2210. The molecule has 0 radical (unpaired) electrons. The Balaban J connectivity index is 1.01. The van der Waals surface area contributed by atoms with Gasteiger partial charge in [-0.25, -0.2) is 0 Å². The molecule has 0 spiro atoms. The van der Waals surface area contributed by atoms with Crippen molar-refractivity contribution < 1.29 is 33.4 Å². The number of benzene rings is 1. The smallest absolute Gasteiger partial charge is 0.272 e. The predicted molar refractivity (Wildman–Crippen MR) is 205 cm³/mol. The van der Waals surface area contributed by atoms with Gasteiger partial charge in [-0.1, -0.05) is 0 Å². The molecule has 5 heterocycles. The Morgan fingerprint density at radius 3 is 2.00 bits per heavy atom. The van der Waals surface area contributed by atoms with Crippen LogP contribution in [0.3, 0.4) is 0 Å². The monoisotopic (exact) mass is 753 g/mol. The number of aryl methyl sites for hydroxylation is 3. The zero-order chi connectivity index (χ0) is 39.4. The highest BCUT2D eigenvalue weighted by Gasteiger charge is 2.32. The third-order valence-corrected chi connectivity index (χ3v) is 9.24. The Hall–Kier alpha value is -6.85. The number of nitrogens with zero attached hydrogens (tertiary/aromatic N) is 5. The Labute approximate surface area is 316 Å². The van der Waals surface area contributed by atoms with Gasteiger partial charge in [-0.05, 0) is 37.1 Å². The summed E-state index contributed by atoms with van der Waals surface area (Å²) in [7, 11) is 6.47.